The van der Waals surface area contributed by atoms with Crippen LogP contribution in [0, 0.1) is 36.0 Å². The van der Waals surface area contributed by atoms with Crippen LogP contribution in [-0.2, 0) is 0 Å². The Morgan fingerprint density at radius 3 is 1.50 bits per heavy atom. The van der Waals surface area contributed by atoms with E-state index in [4.69, 9.17) is 11.5 Å². The third-order valence-electron chi connectivity index (χ3n) is 6.21. The Kier molecular flexibility index (Phi) is 27.7. The van der Waals surface area contributed by atoms with Gasteiger partial charge >= 0.3 is 0 Å². The van der Waals surface area contributed by atoms with Crippen LogP contribution in [0.25, 0.3) is 0 Å². The van der Waals surface area contributed by atoms with Crippen molar-refractivity contribution in [3.8, 4) is 36.0 Å². The highest BCUT2D eigenvalue weighted by atomic mass is 16.3. The second-order valence-electron chi connectivity index (χ2n) is 9.57. The molecule has 0 bridgehead atoms. The molecule has 0 fully saturated rings. The summed E-state index contributed by atoms with van der Waals surface area (Å²) in [6.07, 6.45) is 36.9. The van der Waals surface area contributed by atoms with Gasteiger partial charge in [0.15, 0.2) is 0 Å². The summed E-state index contributed by atoms with van der Waals surface area (Å²) in [7, 11) is 0. The van der Waals surface area contributed by atoms with Crippen molar-refractivity contribution < 1.29 is 15.3 Å². The van der Waals surface area contributed by atoms with E-state index < -0.39 is 12.2 Å². The highest BCUT2D eigenvalue weighted by Crippen LogP contribution is 2.13. The number of hydrogen-bond acceptors (Lipinski definition) is 3. The summed E-state index contributed by atoms with van der Waals surface area (Å²) < 4.78 is 0. The van der Waals surface area contributed by atoms with E-state index >= 15 is 0 Å². The largest absolute Gasteiger partial charge is 0.384 e. The van der Waals surface area contributed by atoms with Crippen LogP contribution in [0.1, 0.15) is 128 Å². The molecule has 0 amide bonds. The second kappa shape index (κ2) is 29.3. The average molecular weight is 497 g/mol. The standard InChI is InChI=1S/C33H52O3/c1-2-32(35)28-24-21-19-17-15-13-11-9-7-5-3-4-6-8-10-12-14-16-18-20-22-25-29-33(36)30-26-23-27-31-34/h1,6,8,24,28,32-36H,3-5,7,9-22,25,29,31H2/b8-6-,28-24+. The predicted molar refractivity (Wildman–Crippen MR) is 154 cm³/mol. The molecular formula is C33H52O3. The first-order chi connectivity index (χ1) is 17.7. The summed E-state index contributed by atoms with van der Waals surface area (Å²) in [5.41, 5.74) is 0. The molecule has 0 spiro atoms. The molecule has 0 saturated heterocycles. The molecule has 0 aromatic carbocycles. The molecule has 0 saturated carbocycles. The zero-order valence-corrected chi connectivity index (χ0v) is 22.7. The van der Waals surface area contributed by atoms with Gasteiger partial charge in [0, 0.05) is 0 Å². The number of hydrogen-bond donors (Lipinski definition) is 3. The van der Waals surface area contributed by atoms with Crippen LogP contribution in [-0.4, -0.2) is 34.1 Å². The number of allylic oxidation sites excluding steroid dienone is 3. The maximum atomic E-state index is 9.72. The van der Waals surface area contributed by atoms with E-state index in [0.717, 1.165) is 19.3 Å². The topological polar surface area (TPSA) is 60.7 Å². The minimum atomic E-state index is -0.724. The lowest BCUT2D eigenvalue weighted by Crippen LogP contribution is -2.01. The van der Waals surface area contributed by atoms with Gasteiger partial charge in [-0.3, -0.25) is 0 Å². The lowest BCUT2D eigenvalue weighted by atomic mass is 10.0. The van der Waals surface area contributed by atoms with Crippen molar-refractivity contribution in [2.75, 3.05) is 6.61 Å². The van der Waals surface area contributed by atoms with Gasteiger partial charge in [-0.1, -0.05) is 113 Å². The molecular weight excluding hydrogens is 444 g/mol. The minimum Gasteiger partial charge on any atom is -0.384 e. The van der Waals surface area contributed by atoms with Crippen LogP contribution in [0.3, 0.4) is 0 Å². The Balaban J connectivity index is 3.26. The van der Waals surface area contributed by atoms with Gasteiger partial charge in [0.1, 0.15) is 18.8 Å². The molecule has 202 valence electrons. The zero-order chi connectivity index (χ0) is 26.4. The Bertz CT molecular complexity index is 692. The van der Waals surface area contributed by atoms with Crippen LogP contribution in [0.2, 0.25) is 0 Å². The molecule has 0 aromatic heterocycles. The van der Waals surface area contributed by atoms with Crippen molar-refractivity contribution in [3.63, 3.8) is 0 Å². The van der Waals surface area contributed by atoms with Gasteiger partial charge in [-0.25, -0.2) is 0 Å². The Morgan fingerprint density at radius 1 is 0.583 bits per heavy atom. The van der Waals surface area contributed by atoms with E-state index in [2.05, 4.69) is 41.8 Å². The average Bonchev–Trinajstić information content (AvgIpc) is 2.88. The van der Waals surface area contributed by atoms with Gasteiger partial charge in [0.05, 0.1) is 0 Å². The summed E-state index contributed by atoms with van der Waals surface area (Å²) in [6, 6.07) is 0. The maximum absolute atomic E-state index is 9.72. The van der Waals surface area contributed by atoms with Crippen LogP contribution >= 0.6 is 0 Å². The number of unbranched alkanes of at least 4 members (excludes halogenated alkanes) is 17. The van der Waals surface area contributed by atoms with E-state index in [0.29, 0.717) is 6.42 Å². The molecule has 0 aliphatic heterocycles. The highest BCUT2D eigenvalue weighted by molar-refractivity contribution is 5.27. The molecule has 2 unspecified atom stereocenters. The van der Waals surface area contributed by atoms with Crippen molar-refractivity contribution in [1.82, 2.24) is 0 Å². The Hall–Kier alpha value is -1.96. The van der Waals surface area contributed by atoms with Gasteiger partial charge in [0.25, 0.3) is 0 Å². The molecule has 3 nitrogen and oxygen atoms in total. The molecule has 36 heavy (non-hydrogen) atoms. The Labute approximate surface area is 222 Å². The van der Waals surface area contributed by atoms with Crippen molar-refractivity contribution >= 4 is 0 Å². The van der Waals surface area contributed by atoms with Crippen LogP contribution < -0.4 is 0 Å². The normalized spacial score (nSPS) is 12.6. The number of rotatable bonds is 23. The van der Waals surface area contributed by atoms with Gasteiger partial charge in [-0.2, -0.15) is 0 Å². The van der Waals surface area contributed by atoms with E-state index in [-0.39, 0.29) is 6.61 Å². The molecule has 2 atom stereocenters. The first-order valence-electron chi connectivity index (χ1n) is 14.4. The molecule has 3 N–H and O–H groups in total. The molecule has 3 heteroatoms. The molecule has 0 aromatic rings. The Morgan fingerprint density at radius 2 is 1.03 bits per heavy atom. The molecule has 0 rings (SSSR count). The third kappa shape index (κ3) is 28.3. The summed E-state index contributed by atoms with van der Waals surface area (Å²) in [5, 5.41) is 27.5. The van der Waals surface area contributed by atoms with Crippen molar-refractivity contribution in [2.24, 2.45) is 0 Å². The summed E-state index contributed by atoms with van der Waals surface area (Å²) in [5.74, 6) is 12.5. The molecule has 0 radical (unpaired) electrons. The van der Waals surface area contributed by atoms with E-state index in [9.17, 15) is 10.2 Å². The molecule has 0 aliphatic carbocycles. The summed E-state index contributed by atoms with van der Waals surface area (Å²) in [4.78, 5) is 0. The second-order valence-corrected chi connectivity index (χ2v) is 9.57. The lowest BCUT2D eigenvalue weighted by molar-refractivity contribution is 0.217. The van der Waals surface area contributed by atoms with E-state index in [1.54, 1.807) is 6.08 Å². The quantitative estimate of drug-likeness (QED) is 0.0793. The molecule has 0 aliphatic rings. The third-order valence-corrected chi connectivity index (χ3v) is 6.21. The van der Waals surface area contributed by atoms with Crippen LogP contribution in [0.4, 0.5) is 0 Å². The summed E-state index contributed by atoms with van der Waals surface area (Å²) in [6.45, 7) is -0.188. The SMILES string of the molecule is C#CC(O)/C=C/CCCCCCCCCCC/C=C\CCCCCCCCCC(O)C#CC#CCO. The van der Waals surface area contributed by atoms with Gasteiger partial charge in [-0.15, -0.1) is 6.42 Å². The first kappa shape index (κ1) is 34.0. The monoisotopic (exact) mass is 496 g/mol. The predicted octanol–water partition coefficient (Wildman–Crippen LogP) is 7.25. The van der Waals surface area contributed by atoms with Gasteiger partial charge in [0.2, 0.25) is 0 Å². The van der Waals surface area contributed by atoms with Crippen molar-refractivity contribution in [2.45, 2.75) is 141 Å². The van der Waals surface area contributed by atoms with E-state index in [1.807, 2.05) is 6.08 Å². The van der Waals surface area contributed by atoms with Gasteiger partial charge < -0.3 is 15.3 Å². The highest BCUT2D eigenvalue weighted by Gasteiger charge is 1.99. The fourth-order valence-corrected chi connectivity index (χ4v) is 4.04. The van der Waals surface area contributed by atoms with Crippen molar-refractivity contribution in [1.29, 1.82) is 0 Å². The van der Waals surface area contributed by atoms with E-state index in [1.165, 1.54) is 103 Å². The lowest BCUT2D eigenvalue weighted by Gasteiger charge is -2.03. The smallest absolute Gasteiger partial charge is 0.133 e. The van der Waals surface area contributed by atoms with Crippen molar-refractivity contribution in [3.05, 3.63) is 24.3 Å². The zero-order valence-electron chi connectivity index (χ0n) is 22.7. The maximum Gasteiger partial charge on any atom is 0.133 e. The molecule has 0 heterocycles. The number of aliphatic hydroxyl groups excluding tert-OH is 3. The fraction of sp³-hybridized carbons (Fsp3) is 0.697. The number of aliphatic hydroxyl groups is 3. The van der Waals surface area contributed by atoms with Crippen LogP contribution in [0.5, 0.6) is 0 Å². The first-order valence-corrected chi connectivity index (χ1v) is 14.4. The van der Waals surface area contributed by atoms with Crippen LogP contribution in [0.15, 0.2) is 24.3 Å². The van der Waals surface area contributed by atoms with Gasteiger partial charge in [-0.05, 0) is 69.3 Å². The minimum absolute atomic E-state index is 0.188. The number of terminal acetylenes is 1. The summed E-state index contributed by atoms with van der Waals surface area (Å²) >= 11 is 0. The fourth-order valence-electron chi connectivity index (χ4n) is 4.04.